The maximum absolute atomic E-state index is 13.2. The maximum Gasteiger partial charge on any atom is 0.257 e. The number of hydrogen-bond donors (Lipinski definition) is 0. The molecule has 0 aliphatic carbocycles. The molecular formula is C22H24ClN3O4S. The van der Waals surface area contributed by atoms with Crippen LogP contribution in [0.2, 0.25) is 5.02 Å². The number of halogens is 1. The van der Waals surface area contributed by atoms with Crippen molar-refractivity contribution in [3.63, 3.8) is 0 Å². The molecule has 0 atom stereocenters. The number of amides is 1. The topological polar surface area (TPSA) is 90.7 Å². The molecule has 1 fully saturated rings. The van der Waals surface area contributed by atoms with Crippen molar-refractivity contribution in [1.82, 2.24) is 4.90 Å². The van der Waals surface area contributed by atoms with Crippen molar-refractivity contribution in [2.75, 3.05) is 37.3 Å². The van der Waals surface area contributed by atoms with Gasteiger partial charge in [-0.1, -0.05) is 11.6 Å². The normalized spacial score (nSPS) is 14.5. The lowest BCUT2D eigenvalue weighted by molar-refractivity contribution is 0.0740. The van der Waals surface area contributed by atoms with Crippen LogP contribution >= 0.6 is 11.6 Å². The molecule has 0 bridgehead atoms. The number of benzene rings is 2. The summed E-state index contributed by atoms with van der Waals surface area (Å²) in [6.07, 6.45) is 0.953. The van der Waals surface area contributed by atoms with Crippen LogP contribution in [0.1, 0.15) is 29.8 Å². The minimum Gasteiger partial charge on any atom is -0.490 e. The Hall–Kier alpha value is -2.76. The molecule has 0 unspecified atom stereocenters. The molecule has 0 spiro atoms. The number of carbonyl (C=O) groups is 1. The number of rotatable bonds is 5. The zero-order valence-corrected chi connectivity index (χ0v) is 19.2. The third kappa shape index (κ3) is 5.30. The van der Waals surface area contributed by atoms with Gasteiger partial charge in [0.05, 0.1) is 27.1 Å². The number of ether oxygens (including phenoxy) is 1. The van der Waals surface area contributed by atoms with E-state index in [1.165, 1.54) is 12.1 Å². The van der Waals surface area contributed by atoms with E-state index in [0.29, 0.717) is 42.5 Å². The highest BCUT2D eigenvalue weighted by Crippen LogP contribution is 2.27. The SMILES string of the molecule is CC(C)Oc1ccc(S(C)(=O)=O)cc1C(=O)N1CCN(c2ccc(C#N)c(Cl)c2)CC1. The highest BCUT2D eigenvalue weighted by molar-refractivity contribution is 7.90. The predicted molar refractivity (Wildman–Crippen MR) is 120 cm³/mol. The Bertz CT molecular complexity index is 1130. The Kier molecular flexibility index (Phi) is 6.77. The molecule has 0 N–H and O–H groups in total. The molecule has 1 aliphatic rings. The molecule has 31 heavy (non-hydrogen) atoms. The van der Waals surface area contributed by atoms with Crippen molar-refractivity contribution in [2.45, 2.75) is 24.8 Å². The summed E-state index contributed by atoms with van der Waals surface area (Å²) >= 11 is 6.14. The standard InChI is InChI=1S/C22H24ClN3O4S/c1-15(2)30-21-7-6-18(31(3,28)29)13-19(21)22(27)26-10-8-25(9-11-26)17-5-4-16(14-24)20(23)12-17/h4-7,12-13,15H,8-11H2,1-3H3. The Balaban J connectivity index is 1.80. The lowest BCUT2D eigenvalue weighted by atomic mass is 10.1. The van der Waals surface area contributed by atoms with Crippen molar-refractivity contribution >= 4 is 33.0 Å². The number of nitrogens with zero attached hydrogens (tertiary/aromatic N) is 3. The number of sulfone groups is 1. The van der Waals surface area contributed by atoms with Gasteiger partial charge in [0.2, 0.25) is 0 Å². The molecule has 0 saturated carbocycles. The van der Waals surface area contributed by atoms with Crippen molar-refractivity contribution in [3.8, 4) is 11.8 Å². The summed E-state index contributed by atoms with van der Waals surface area (Å²) in [5, 5.41) is 9.43. The second-order valence-corrected chi connectivity index (χ2v) is 10.1. The average Bonchev–Trinajstić information content (AvgIpc) is 2.72. The Morgan fingerprint density at radius 3 is 2.35 bits per heavy atom. The first-order chi connectivity index (χ1) is 14.6. The van der Waals surface area contributed by atoms with Crippen molar-refractivity contribution in [2.24, 2.45) is 0 Å². The maximum atomic E-state index is 13.2. The van der Waals surface area contributed by atoms with Crippen LogP contribution in [0.15, 0.2) is 41.3 Å². The van der Waals surface area contributed by atoms with Gasteiger partial charge in [-0.05, 0) is 50.2 Å². The third-order valence-corrected chi connectivity index (χ3v) is 6.40. The van der Waals surface area contributed by atoms with Crippen LogP contribution in [0.3, 0.4) is 0 Å². The van der Waals surface area contributed by atoms with Crippen LogP contribution in [0.4, 0.5) is 5.69 Å². The van der Waals surface area contributed by atoms with Crippen LogP contribution in [0, 0.1) is 11.3 Å². The monoisotopic (exact) mass is 461 g/mol. The summed E-state index contributed by atoms with van der Waals surface area (Å²) in [5.41, 5.74) is 1.55. The zero-order valence-electron chi connectivity index (χ0n) is 17.6. The van der Waals surface area contributed by atoms with Gasteiger partial charge in [0, 0.05) is 38.1 Å². The van der Waals surface area contributed by atoms with E-state index in [2.05, 4.69) is 4.90 Å². The second kappa shape index (κ2) is 9.16. The molecule has 1 amide bonds. The molecule has 7 nitrogen and oxygen atoms in total. The van der Waals surface area contributed by atoms with E-state index >= 15 is 0 Å². The van der Waals surface area contributed by atoms with Gasteiger partial charge in [-0.15, -0.1) is 0 Å². The summed E-state index contributed by atoms with van der Waals surface area (Å²) in [6.45, 7) is 5.78. The van der Waals surface area contributed by atoms with Crippen LogP contribution in [0.5, 0.6) is 5.75 Å². The van der Waals surface area contributed by atoms with E-state index in [1.807, 2.05) is 26.0 Å². The van der Waals surface area contributed by atoms with Crippen LogP contribution in [-0.2, 0) is 9.84 Å². The molecule has 9 heteroatoms. The van der Waals surface area contributed by atoms with Crippen LogP contribution < -0.4 is 9.64 Å². The fourth-order valence-electron chi connectivity index (χ4n) is 3.39. The van der Waals surface area contributed by atoms with Gasteiger partial charge in [0.25, 0.3) is 5.91 Å². The molecule has 2 aromatic carbocycles. The molecule has 1 saturated heterocycles. The first-order valence-corrected chi connectivity index (χ1v) is 12.1. The van der Waals surface area contributed by atoms with Gasteiger partial charge in [-0.2, -0.15) is 5.26 Å². The number of anilines is 1. The van der Waals surface area contributed by atoms with Crippen LogP contribution in [-0.4, -0.2) is 57.8 Å². The molecule has 2 aromatic rings. The van der Waals surface area contributed by atoms with Gasteiger partial charge in [0.15, 0.2) is 9.84 Å². The van der Waals surface area contributed by atoms with Gasteiger partial charge < -0.3 is 14.5 Å². The van der Waals surface area contributed by atoms with Gasteiger partial charge in [0.1, 0.15) is 11.8 Å². The van der Waals surface area contributed by atoms with Crippen molar-refractivity contribution in [3.05, 3.63) is 52.5 Å². The Morgan fingerprint density at radius 2 is 1.81 bits per heavy atom. The summed E-state index contributed by atoms with van der Waals surface area (Å²) in [6, 6.07) is 11.7. The summed E-state index contributed by atoms with van der Waals surface area (Å²) in [5.74, 6) is 0.104. The largest absolute Gasteiger partial charge is 0.490 e. The number of nitriles is 1. The van der Waals surface area contributed by atoms with Crippen molar-refractivity contribution < 1.29 is 17.9 Å². The lowest BCUT2D eigenvalue weighted by Gasteiger charge is -2.36. The summed E-state index contributed by atoms with van der Waals surface area (Å²) < 4.78 is 29.7. The Morgan fingerprint density at radius 1 is 1.13 bits per heavy atom. The van der Waals surface area contributed by atoms with Gasteiger partial charge in [-0.3, -0.25) is 4.79 Å². The van der Waals surface area contributed by atoms with E-state index in [4.69, 9.17) is 21.6 Å². The van der Waals surface area contributed by atoms with Crippen LogP contribution in [0.25, 0.3) is 0 Å². The molecule has 1 heterocycles. The van der Waals surface area contributed by atoms with Gasteiger partial charge >= 0.3 is 0 Å². The molecule has 164 valence electrons. The molecule has 1 aliphatic heterocycles. The third-order valence-electron chi connectivity index (χ3n) is 4.98. The minimum absolute atomic E-state index is 0.0813. The van der Waals surface area contributed by atoms with Crippen molar-refractivity contribution in [1.29, 1.82) is 5.26 Å². The fourth-order valence-corrected chi connectivity index (χ4v) is 4.26. The lowest BCUT2D eigenvalue weighted by Crippen LogP contribution is -2.49. The van der Waals surface area contributed by atoms with E-state index in [0.717, 1.165) is 11.9 Å². The number of hydrogen-bond acceptors (Lipinski definition) is 6. The highest BCUT2D eigenvalue weighted by atomic mass is 35.5. The minimum atomic E-state index is -3.46. The summed E-state index contributed by atoms with van der Waals surface area (Å²) in [4.78, 5) is 17.1. The Labute approximate surface area is 187 Å². The fraction of sp³-hybridized carbons (Fsp3) is 0.364. The highest BCUT2D eigenvalue weighted by Gasteiger charge is 2.26. The number of carbonyl (C=O) groups excluding carboxylic acids is 1. The molecular weight excluding hydrogens is 438 g/mol. The summed E-state index contributed by atoms with van der Waals surface area (Å²) in [7, 11) is -3.46. The second-order valence-electron chi connectivity index (χ2n) is 7.65. The number of piperazine rings is 1. The quantitative estimate of drug-likeness (QED) is 0.678. The zero-order chi connectivity index (χ0) is 22.8. The molecule has 0 aromatic heterocycles. The predicted octanol–water partition coefficient (Wildman–Crippen LogP) is 3.36. The molecule has 3 rings (SSSR count). The van der Waals surface area contributed by atoms with E-state index in [1.54, 1.807) is 23.1 Å². The van der Waals surface area contributed by atoms with E-state index in [9.17, 15) is 13.2 Å². The van der Waals surface area contributed by atoms with E-state index in [-0.39, 0.29) is 22.5 Å². The van der Waals surface area contributed by atoms with E-state index < -0.39 is 9.84 Å². The molecule has 0 radical (unpaired) electrons. The van der Waals surface area contributed by atoms with Gasteiger partial charge in [-0.25, -0.2) is 8.42 Å². The average molecular weight is 462 g/mol. The smallest absolute Gasteiger partial charge is 0.257 e. The first kappa shape index (κ1) is 22.9. The first-order valence-electron chi connectivity index (χ1n) is 9.85.